The van der Waals surface area contributed by atoms with Gasteiger partial charge < -0.3 is 4.90 Å². The van der Waals surface area contributed by atoms with Crippen molar-refractivity contribution in [1.29, 1.82) is 0 Å². The molecule has 0 N–H and O–H groups in total. The van der Waals surface area contributed by atoms with Crippen molar-refractivity contribution < 1.29 is 4.79 Å². The Hall–Kier alpha value is -0.530. The summed E-state index contributed by atoms with van der Waals surface area (Å²) >= 11 is 0. The summed E-state index contributed by atoms with van der Waals surface area (Å²) < 4.78 is 0. The van der Waals surface area contributed by atoms with Crippen molar-refractivity contribution in [2.24, 2.45) is 0 Å². The molecule has 2 atom stereocenters. The largest absolute Gasteiger partial charge is 0.329 e. The van der Waals surface area contributed by atoms with Gasteiger partial charge in [0.1, 0.15) is 0 Å². The van der Waals surface area contributed by atoms with E-state index < -0.39 is 0 Å². The van der Waals surface area contributed by atoms with Crippen LogP contribution in [-0.2, 0) is 4.79 Å². The Balaban J connectivity index is 3.79. The molecule has 0 aliphatic rings. The summed E-state index contributed by atoms with van der Waals surface area (Å²) in [5.74, 6) is 0. The van der Waals surface area contributed by atoms with Crippen LogP contribution in [0, 0.1) is 0 Å². The van der Waals surface area contributed by atoms with Crippen molar-refractivity contribution in [2.45, 2.75) is 130 Å². The molecule has 2 heteroatoms. The second kappa shape index (κ2) is 16.3. The number of nitrogens with zero attached hydrogens (tertiary/aromatic N) is 1. The first kappa shape index (κ1) is 22.5. The van der Waals surface area contributed by atoms with Crippen LogP contribution in [0.25, 0.3) is 0 Å². The van der Waals surface area contributed by atoms with Crippen LogP contribution >= 0.6 is 0 Å². The van der Waals surface area contributed by atoms with Crippen LogP contribution in [0.15, 0.2) is 0 Å². The van der Waals surface area contributed by atoms with E-state index in [2.05, 4.69) is 34.1 Å². The van der Waals surface area contributed by atoms with E-state index in [4.69, 9.17) is 0 Å². The summed E-state index contributed by atoms with van der Waals surface area (Å²) in [7, 11) is 0. The molecule has 0 saturated heterocycles. The van der Waals surface area contributed by atoms with E-state index in [1.807, 2.05) is 4.90 Å². The average Bonchev–Trinajstić information content (AvgIpc) is 2.54. The van der Waals surface area contributed by atoms with Crippen molar-refractivity contribution in [1.82, 2.24) is 4.90 Å². The Kier molecular flexibility index (Phi) is 16.0. The highest BCUT2D eigenvalue weighted by Crippen LogP contribution is 2.17. The lowest BCUT2D eigenvalue weighted by Gasteiger charge is -2.30. The third-order valence-electron chi connectivity index (χ3n) is 5.01. The predicted octanol–water partition coefficient (Wildman–Crippen LogP) is 6.63. The standard InChI is InChI=1S/C21H42NO/c1-5-7-9-11-13-15-17-20(3)22(19-23)21(4)18-16-14-12-10-8-6-2/h20-21H,5-18H2,1-4H3. The summed E-state index contributed by atoms with van der Waals surface area (Å²) in [4.78, 5) is 13.3. The number of hydrogen-bond acceptors (Lipinski definition) is 1. The van der Waals surface area contributed by atoms with Crippen LogP contribution in [0.3, 0.4) is 0 Å². The van der Waals surface area contributed by atoms with Gasteiger partial charge in [0.25, 0.3) is 0 Å². The zero-order valence-electron chi connectivity index (χ0n) is 16.4. The molecular weight excluding hydrogens is 282 g/mol. The predicted molar refractivity (Wildman–Crippen MR) is 102 cm³/mol. The molecule has 0 rings (SSSR count). The van der Waals surface area contributed by atoms with Crippen molar-refractivity contribution in [3.63, 3.8) is 0 Å². The highest BCUT2D eigenvalue weighted by Gasteiger charge is 2.18. The molecule has 2 unspecified atom stereocenters. The van der Waals surface area contributed by atoms with Gasteiger partial charge in [-0.25, -0.2) is 0 Å². The minimum absolute atomic E-state index is 0.341. The zero-order chi connectivity index (χ0) is 17.3. The number of amides is 1. The Morgan fingerprint density at radius 2 is 1.00 bits per heavy atom. The van der Waals surface area contributed by atoms with E-state index in [0.717, 1.165) is 12.8 Å². The molecule has 0 spiro atoms. The van der Waals surface area contributed by atoms with Gasteiger partial charge >= 0.3 is 6.41 Å². The maximum Gasteiger partial charge on any atom is 0.312 e. The fourth-order valence-electron chi connectivity index (χ4n) is 3.33. The summed E-state index contributed by atoms with van der Waals surface area (Å²) in [6, 6.07) is 0.683. The molecule has 0 heterocycles. The van der Waals surface area contributed by atoms with Crippen LogP contribution < -0.4 is 0 Å². The quantitative estimate of drug-likeness (QED) is 0.217. The molecular formula is C21H42NO. The minimum Gasteiger partial charge on any atom is -0.329 e. The third-order valence-corrected chi connectivity index (χ3v) is 5.01. The normalized spacial score (nSPS) is 13.7. The molecule has 0 aromatic carbocycles. The van der Waals surface area contributed by atoms with E-state index in [1.165, 1.54) is 77.0 Å². The molecule has 0 bridgehead atoms. The minimum atomic E-state index is 0.341. The second-order valence-electron chi connectivity index (χ2n) is 7.31. The van der Waals surface area contributed by atoms with Gasteiger partial charge in [-0.05, 0) is 26.7 Å². The SMILES string of the molecule is CCCCCCCCC(C)N([C]=O)C(C)CCCCCCCC. The first-order valence-electron chi connectivity index (χ1n) is 10.3. The Bertz CT molecular complexity index is 232. The molecule has 1 radical (unpaired) electrons. The van der Waals surface area contributed by atoms with Crippen LogP contribution in [0.4, 0.5) is 0 Å². The number of hydrogen-bond donors (Lipinski definition) is 0. The van der Waals surface area contributed by atoms with Gasteiger partial charge in [-0.1, -0.05) is 90.9 Å². The van der Waals surface area contributed by atoms with Crippen LogP contribution in [0.2, 0.25) is 0 Å². The van der Waals surface area contributed by atoms with Gasteiger partial charge in [-0.2, -0.15) is 0 Å². The first-order valence-corrected chi connectivity index (χ1v) is 10.3. The van der Waals surface area contributed by atoms with Gasteiger partial charge in [0.2, 0.25) is 0 Å². The van der Waals surface area contributed by atoms with E-state index in [0.29, 0.717) is 12.1 Å². The first-order chi connectivity index (χ1) is 11.2. The van der Waals surface area contributed by atoms with E-state index >= 15 is 0 Å². The van der Waals surface area contributed by atoms with Crippen molar-refractivity contribution in [2.75, 3.05) is 0 Å². The van der Waals surface area contributed by atoms with E-state index in [9.17, 15) is 4.79 Å². The number of unbranched alkanes of at least 4 members (excludes halogenated alkanes) is 10. The van der Waals surface area contributed by atoms with Crippen LogP contribution in [0.5, 0.6) is 0 Å². The lowest BCUT2D eigenvalue weighted by atomic mass is 10.0. The topological polar surface area (TPSA) is 20.3 Å². The molecule has 0 saturated carbocycles. The third kappa shape index (κ3) is 12.5. The lowest BCUT2D eigenvalue weighted by molar-refractivity contribution is 0.221. The Morgan fingerprint density at radius 3 is 1.35 bits per heavy atom. The molecule has 0 aromatic rings. The van der Waals surface area contributed by atoms with Crippen molar-refractivity contribution in [3.8, 4) is 0 Å². The fourth-order valence-corrected chi connectivity index (χ4v) is 3.33. The lowest BCUT2D eigenvalue weighted by Crippen LogP contribution is -2.39. The molecule has 0 aromatic heterocycles. The van der Waals surface area contributed by atoms with Gasteiger partial charge in [-0.3, -0.25) is 4.79 Å². The molecule has 137 valence electrons. The average molecular weight is 325 g/mol. The second-order valence-corrected chi connectivity index (χ2v) is 7.31. The van der Waals surface area contributed by atoms with Gasteiger partial charge in [0.15, 0.2) is 0 Å². The maximum absolute atomic E-state index is 11.3. The maximum atomic E-state index is 11.3. The molecule has 0 aliphatic carbocycles. The van der Waals surface area contributed by atoms with Crippen LogP contribution in [-0.4, -0.2) is 23.4 Å². The highest BCUT2D eigenvalue weighted by atomic mass is 16.1. The van der Waals surface area contributed by atoms with E-state index in [-0.39, 0.29) is 0 Å². The van der Waals surface area contributed by atoms with Crippen molar-refractivity contribution >= 4 is 6.41 Å². The van der Waals surface area contributed by atoms with Crippen LogP contribution in [0.1, 0.15) is 118 Å². The molecule has 1 amide bonds. The summed E-state index contributed by atoms with van der Waals surface area (Å²) in [6.45, 7) is 8.89. The Morgan fingerprint density at radius 1 is 0.652 bits per heavy atom. The van der Waals surface area contributed by atoms with Gasteiger partial charge in [0.05, 0.1) is 0 Å². The fraction of sp³-hybridized carbons (Fsp3) is 0.952. The highest BCUT2D eigenvalue weighted by molar-refractivity contribution is 5.49. The smallest absolute Gasteiger partial charge is 0.312 e. The molecule has 23 heavy (non-hydrogen) atoms. The van der Waals surface area contributed by atoms with Gasteiger partial charge in [-0.15, -0.1) is 0 Å². The molecule has 0 fully saturated rings. The summed E-state index contributed by atoms with van der Waals surface area (Å²) in [6.07, 6.45) is 20.3. The Labute approximate surface area is 146 Å². The van der Waals surface area contributed by atoms with Gasteiger partial charge in [0, 0.05) is 12.1 Å². The number of carbonyl (C=O) groups excluding carboxylic acids is 1. The summed E-state index contributed by atoms with van der Waals surface area (Å²) in [5.41, 5.74) is 0. The number of rotatable bonds is 17. The van der Waals surface area contributed by atoms with Crippen molar-refractivity contribution in [3.05, 3.63) is 0 Å². The monoisotopic (exact) mass is 324 g/mol. The van der Waals surface area contributed by atoms with E-state index in [1.54, 1.807) is 0 Å². The molecule has 0 aliphatic heterocycles. The zero-order valence-corrected chi connectivity index (χ0v) is 16.4. The molecule has 2 nitrogen and oxygen atoms in total. The summed E-state index contributed by atoms with van der Waals surface area (Å²) in [5, 5.41) is 0.